The molecular weight excluding hydrogens is 764 g/mol. The van der Waals surface area contributed by atoms with Gasteiger partial charge >= 0.3 is 0 Å². The highest BCUT2D eigenvalue weighted by atomic mass is 35.5. The van der Waals surface area contributed by atoms with Crippen LogP contribution in [0.3, 0.4) is 0 Å². The summed E-state index contributed by atoms with van der Waals surface area (Å²) in [5.74, 6) is 7.02. The number of nitrogens with zero attached hydrogens (tertiary/aromatic N) is 8. The largest absolute Gasteiger partial charge is 0.382 e. The summed E-state index contributed by atoms with van der Waals surface area (Å²) in [6.07, 6.45) is 4.58. The zero-order valence-corrected chi connectivity index (χ0v) is 32.9. The molecular formula is C41H39ClN10O4S. The van der Waals surface area contributed by atoms with E-state index >= 15 is 0 Å². The summed E-state index contributed by atoms with van der Waals surface area (Å²) in [6.45, 7) is 7.77. The number of aryl methyl sites for hydroxylation is 1. The quantitative estimate of drug-likeness (QED) is 0.160. The third-order valence-corrected chi connectivity index (χ3v) is 12.6. The average Bonchev–Trinajstić information content (AvgIpc) is 3.93. The molecule has 290 valence electrons. The number of aliphatic hydroxyl groups excluding tert-OH is 1. The van der Waals surface area contributed by atoms with E-state index in [4.69, 9.17) is 16.6 Å². The minimum atomic E-state index is -1.28. The molecule has 0 bridgehead atoms. The van der Waals surface area contributed by atoms with Crippen LogP contribution in [0.2, 0.25) is 5.02 Å². The van der Waals surface area contributed by atoms with Crippen molar-refractivity contribution in [1.29, 1.82) is 0 Å². The molecule has 3 N–H and O–H groups in total. The molecule has 16 heteroatoms. The van der Waals surface area contributed by atoms with E-state index in [2.05, 4.69) is 54.2 Å². The number of aliphatic imine (C=N–C) groups is 1. The Hall–Kier alpha value is -5.66. The Labute approximate surface area is 337 Å². The van der Waals surface area contributed by atoms with Crippen molar-refractivity contribution in [2.75, 3.05) is 25.0 Å². The first kappa shape index (κ1) is 36.9. The molecule has 4 aliphatic rings. The molecule has 4 aliphatic heterocycles. The van der Waals surface area contributed by atoms with Crippen molar-refractivity contribution < 1.29 is 19.5 Å². The Balaban J connectivity index is 0.828. The van der Waals surface area contributed by atoms with E-state index < -0.39 is 24.1 Å². The number of aliphatic hydroxyl groups is 1. The van der Waals surface area contributed by atoms with Gasteiger partial charge in [-0.2, -0.15) is 5.10 Å². The fourth-order valence-corrected chi connectivity index (χ4v) is 9.50. The second kappa shape index (κ2) is 15.0. The van der Waals surface area contributed by atoms with Gasteiger partial charge in [0, 0.05) is 71.3 Å². The number of likely N-dealkylation sites (tertiary alicyclic amines) is 1. The van der Waals surface area contributed by atoms with Gasteiger partial charge in [0.25, 0.3) is 5.91 Å². The predicted molar refractivity (Wildman–Crippen MR) is 215 cm³/mol. The highest BCUT2D eigenvalue weighted by Crippen LogP contribution is 2.40. The van der Waals surface area contributed by atoms with Crippen LogP contribution >= 0.6 is 22.9 Å². The lowest BCUT2D eigenvalue weighted by atomic mass is 10.00. The third kappa shape index (κ3) is 6.92. The van der Waals surface area contributed by atoms with Crippen LogP contribution in [0.4, 0.5) is 5.69 Å². The number of benzene rings is 2. The summed E-state index contributed by atoms with van der Waals surface area (Å²) < 4.78 is 4.02. The standard InChI is InChI=1S/C41H39ClN10O4S/c1-23-32(57-41-35(23)37(26-7-9-27(42)10-8-26)43-21-33-48-47-24(2)51(33)41)12-6-25-20-44-50(22-25)19-18-49-16-14-28(15-17-49)45-30-5-3-4-29-36(30)40(56)52(39(29)55)31-11-13-34(53)46-38(31)54/h3-5,7-10,20,22,28,31,40,45,56H,11,13-19,21H2,1-2H3,(H,46,53,54). The zero-order chi connectivity index (χ0) is 39.4. The Morgan fingerprint density at radius 3 is 2.61 bits per heavy atom. The van der Waals surface area contributed by atoms with E-state index in [9.17, 15) is 19.5 Å². The molecule has 5 aromatic rings. The molecule has 0 radical (unpaired) electrons. The second-order valence-corrected chi connectivity index (χ2v) is 16.2. The molecule has 2 fully saturated rings. The summed E-state index contributed by atoms with van der Waals surface area (Å²) in [5, 5.41) is 32.2. The topological polar surface area (TPSA) is 163 Å². The summed E-state index contributed by atoms with van der Waals surface area (Å²) in [6, 6.07) is 12.3. The summed E-state index contributed by atoms with van der Waals surface area (Å²) in [5.41, 5.74) is 6.33. The molecule has 2 aromatic carbocycles. The Kier molecular flexibility index (Phi) is 9.73. The minimum absolute atomic E-state index is 0.121. The van der Waals surface area contributed by atoms with Crippen molar-refractivity contribution in [3.05, 3.63) is 110 Å². The van der Waals surface area contributed by atoms with Crippen molar-refractivity contribution in [2.45, 2.75) is 70.9 Å². The number of aromatic nitrogens is 5. The van der Waals surface area contributed by atoms with Crippen LogP contribution in [0.15, 0.2) is 59.9 Å². The van der Waals surface area contributed by atoms with Gasteiger partial charge in [0.05, 0.1) is 28.9 Å². The van der Waals surface area contributed by atoms with Gasteiger partial charge in [-0.3, -0.25) is 38.8 Å². The number of halogens is 1. The molecule has 9 rings (SSSR count). The highest BCUT2D eigenvalue weighted by Gasteiger charge is 2.45. The van der Waals surface area contributed by atoms with E-state index in [0.717, 1.165) is 88.5 Å². The number of hydrogen-bond acceptors (Lipinski definition) is 11. The number of carbonyl (C=O) groups is 3. The lowest BCUT2D eigenvalue weighted by molar-refractivity contribution is -0.139. The number of hydrogen-bond donors (Lipinski definition) is 3. The van der Waals surface area contributed by atoms with E-state index in [1.165, 1.54) is 4.90 Å². The maximum atomic E-state index is 13.3. The number of piperidine rings is 2. The molecule has 2 unspecified atom stereocenters. The van der Waals surface area contributed by atoms with Crippen molar-refractivity contribution in [3.8, 4) is 16.8 Å². The van der Waals surface area contributed by atoms with Crippen molar-refractivity contribution >= 4 is 52.1 Å². The van der Waals surface area contributed by atoms with Gasteiger partial charge in [0.2, 0.25) is 11.8 Å². The normalized spacial score (nSPS) is 19.6. The van der Waals surface area contributed by atoms with Crippen LogP contribution in [-0.2, 0) is 22.7 Å². The Morgan fingerprint density at radius 1 is 1.02 bits per heavy atom. The van der Waals surface area contributed by atoms with Gasteiger partial charge in [-0.15, -0.1) is 21.5 Å². The zero-order valence-electron chi connectivity index (χ0n) is 31.3. The molecule has 2 atom stereocenters. The molecule has 2 saturated heterocycles. The van der Waals surface area contributed by atoms with Crippen LogP contribution in [0, 0.1) is 25.7 Å². The molecule has 3 amide bonds. The van der Waals surface area contributed by atoms with Crippen molar-refractivity contribution in [2.24, 2.45) is 4.99 Å². The third-order valence-electron chi connectivity index (χ3n) is 11.1. The lowest BCUT2D eigenvalue weighted by Crippen LogP contribution is -2.53. The smallest absolute Gasteiger partial charge is 0.257 e. The second-order valence-electron chi connectivity index (χ2n) is 14.7. The van der Waals surface area contributed by atoms with E-state index in [0.29, 0.717) is 28.4 Å². The summed E-state index contributed by atoms with van der Waals surface area (Å²) >= 11 is 7.83. The fraction of sp³-hybridized carbons (Fsp3) is 0.341. The summed E-state index contributed by atoms with van der Waals surface area (Å²) in [4.78, 5) is 47.1. The molecule has 57 heavy (non-hydrogen) atoms. The SMILES string of the molecule is Cc1c(C#Cc2cnn(CCN3CCC(Nc4cccc5c4C(O)N(C4CCC(=O)NC4=O)C5=O)CC3)c2)sc2c1C(c1ccc(Cl)cc1)=NCc1nnc(C)n1-2. The van der Waals surface area contributed by atoms with Crippen LogP contribution in [0.1, 0.15) is 86.6 Å². The number of nitrogens with one attached hydrogen (secondary N) is 2. The molecule has 0 aliphatic carbocycles. The van der Waals surface area contributed by atoms with E-state index in [-0.39, 0.29) is 24.8 Å². The van der Waals surface area contributed by atoms with Gasteiger partial charge < -0.3 is 15.3 Å². The van der Waals surface area contributed by atoms with Crippen LogP contribution in [0.25, 0.3) is 5.00 Å². The number of rotatable bonds is 7. The van der Waals surface area contributed by atoms with Gasteiger partial charge in [-0.25, -0.2) is 0 Å². The van der Waals surface area contributed by atoms with Crippen molar-refractivity contribution in [3.63, 3.8) is 0 Å². The van der Waals surface area contributed by atoms with E-state index in [1.807, 2.05) is 48.1 Å². The highest BCUT2D eigenvalue weighted by molar-refractivity contribution is 7.15. The minimum Gasteiger partial charge on any atom is -0.382 e. The molecule has 0 spiro atoms. The Bertz CT molecular complexity index is 2520. The van der Waals surface area contributed by atoms with Crippen molar-refractivity contribution in [1.82, 2.24) is 39.7 Å². The fourth-order valence-electron chi connectivity index (χ4n) is 8.15. The maximum Gasteiger partial charge on any atom is 0.257 e. The number of fused-ring (bicyclic) bond motifs is 4. The van der Waals surface area contributed by atoms with E-state index in [1.54, 1.807) is 29.7 Å². The first-order valence-electron chi connectivity index (χ1n) is 19.0. The molecule has 14 nitrogen and oxygen atoms in total. The van der Waals surface area contributed by atoms with Crippen LogP contribution in [-0.4, -0.2) is 94.6 Å². The predicted octanol–water partition coefficient (Wildman–Crippen LogP) is 4.37. The number of amides is 3. The average molecular weight is 803 g/mol. The van der Waals surface area contributed by atoms with Crippen LogP contribution < -0.4 is 10.6 Å². The lowest BCUT2D eigenvalue weighted by Gasteiger charge is -2.34. The molecule has 7 heterocycles. The number of imide groups is 1. The molecule has 3 aromatic heterocycles. The monoisotopic (exact) mass is 802 g/mol. The first-order chi connectivity index (χ1) is 27.6. The number of anilines is 1. The van der Waals surface area contributed by atoms with Gasteiger partial charge in [0.1, 0.15) is 23.4 Å². The Morgan fingerprint density at radius 2 is 1.82 bits per heavy atom. The first-order valence-corrected chi connectivity index (χ1v) is 20.2. The molecule has 0 saturated carbocycles. The maximum absolute atomic E-state index is 13.3. The number of carbonyl (C=O) groups excluding carboxylic acids is 3. The summed E-state index contributed by atoms with van der Waals surface area (Å²) in [7, 11) is 0. The van der Waals surface area contributed by atoms with Gasteiger partial charge in [0.15, 0.2) is 12.1 Å². The number of thiophene rings is 1. The van der Waals surface area contributed by atoms with Gasteiger partial charge in [-0.05, 0) is 62.9 Å². The van der Waals surface area contributed by atoms with Crippen LogP contribution in [0.5, 0.6) is 0 Å². The van der Waals surface area contributed by atoms with Gasteiger partial charge in [-0.1, -0.05) is 41.6 Å².